The summed E-state index contributed by atoms with van der Waals surface area (Å²) >= 11 is 0. The molecule has 3 fully saturated rings. The van der Waals surface area contributed by atoms with Crippen LogP contribution in [0.2, 0.25) is 0 Å². The van der Waals surface area contributed by atoms with Gasteiger partial charge in [-0.05, 0) is 68.0 Å². The molecular weight excluding hydrogens is 549 g/mol. The van der Waals surface area contributed by atoms with E-state index in [4.69, 9.17) is 0 Å². The fraction of sp³-hybridized carbons (Fsp3) is 0.406. The van der Waals surface area contributed by atoms with Gasteiger partial charge in [-0.2, -0.15) is 0 Å². The molecule has 3 aliphatic heterocycles. The van der Waals surface area contributed by atoms with Crippen LogP contribution in [0.4, 0.5) is 15.9 Å². The van der Waals surface area contributed by atoms with Crippen molar-refractivity contribution >= 4 is 29.0 Å². The minimum Gasteiger partial charge on any atom is -0.477 e. The predicted octanol–water partition coefficient (Wildman–Crippen LogP) is 4.55. The van der Waals surface area contributed by atoms with E-state index < -0.39 is 5.97 Å². The van der Waals surface area contributed by atoms with Crippen molar-refractivity contribution < 1.29 is 19.1 Å². The normalized spacial score (nSPS) is 21.5. The first kappa shape index (κ1) is 28.6. The smallest absolute Gasteiger partial charge is 0.354 e. The van der Waals surface area contributed by atoms with E-state index >= 15 is 0 Å². The van der Waals surface area contributed by atoms with Crippen LogP contribution in [-0.4, -0.2) is 80.7 Å². The zero-order chi connectivity index (χ0) is 30.1. The number of carboxylic acids is 1. The Morgan fingerprint density at radius 2 is 1.77 bits per heavy atom. The molecule has 7 rings (SSSR count). The number of hydrogen-bond donors (Lipinski definition) is 1. The maximum Gasteiger partial charge on any atom is 0.354 e. The highest BCUT2D eigenvalue weighted by Crippen LogP contribution is 2.41. The molecule has 1 spiro atoms. The van der Waals surface area contributed by atoms with Crippen molar-refractivity contribution in [3.05, 3.63) is 83.7 Å². The first-order chi connectivity index (χ1) is 20.7. The average Bonchev–Trinajstić information content (AvgIpc) is 3.81. The standard InChI is InChI=1S/C26H31N7O3.C6H5F/c1-17-6-9-30(13-17)19-12-18(2)23-28-22(29-33(23)14-19)24(34)32-11-8-26(16-32)7-10-31(15-26)21-5-3-4-20(27-21)25(35)36;7-6-4-2-1-3-5-6/h3-5,12,14,17H,6-11,13,15-16H2,1-2H3,(H,35,36);1-5H/t17?,26-;/m1./s1. The van der Waals surface area contributed by atoms with Crippen molar-refractivity contribution in [2.45, 2.75) is 33.1 Å². The minimum absolute atomic E-state index is 0.0226. The van der Waals surface area contributed by atoms with Crippen molar-refractivity contribution in [1.82, 2.24) is 24.5 Å². The van der Waals surface area contributed by atoms with Crippen LogP contribution in [0.15, 0.2) is 60.8 Å². The number of nitrogens with zero attached hydrogens (tertiary/aromatic N) is 7. The Labute approximate surface area is 249 Å². The summed E-state index contributed by atoms with van der Waals surface area (Å²) in [6, 6.07) is 15.2. The van der Waals surface area contributed by atoms with E-state index in [2.05, 4.69) is 37.9 Å². The van der Waals surface area contributed by atoms with Gasteiger partial charge in [-0.15, -0.1) is 5.10 Å². The summed E-state index contributed by atoms with van der Waals surface area (Å²) in [6.45, 7) is 9.22. The number of benzene rings is 1. The number of aryl methyl sites for hydroxylation is 1. The second-order valence-electron chi connectivity index (χ2n) is 12.1. The Morgan fingerprint density at radius 3 is 2.47 bits per heavy atom. The number of amides is 1. The van der Waals surface area contributed by atoms with Crippen LogP contribution in [0.1, 0.15) is 52.9 Å². The van der Waals surface area contributed by atoms with E-state index in [1.54, 1.807) is 28.8 Å². The molecule has 1 aromatic carbocycles. The second-order valence-corrected chi connectivity index (χ2v) is 12.1. The molecule has 6 heterocycles. The number of aromatic carboxylic acids is 1. The van der Waals surface area contributed by atoms with Gasteiger partial charge in [0, 0.05) is 44.7 Å². The molecule has 2 atom stereocenters. The highest BCUT2D eigenvalue weighted by atomic mass is 19.1. The zero-order valence-corrected chi connectivity index (χ0v) is 24.5. The van der Waals surface area contributed by atoms with Crippen LogP contribution in [0.25, 0.3) is 5.65 Å². The fourth-order valence-corrected chi connectivity index (χ4v) is 6.41. The van der Waals surface area contributed by atoms with Crippen molar-refractivity contribution in [3.8, 4) is 0 Å². The molecule has 1 N–H and O–H groups in total. The van der Waals surface area contributed by atoms with Gasteiger partial charge in [-0.1, -0.05) is 31.2 Å². The molecular formula is C32H36FN7O3. The lowest BCUT2D eigenvalue weighted by molar-refractivity contribution is 0.0689. The Kier molecular flexibility index (Phi) is 7.72. The molecule has 0 bridgehead atoms. The van der Waals surface area contributed by atoms with Gasteiger partial charge in [0.25, 0.3) is 5.91 Å². The third kappa shape index (κ3) is 6.02. The lowest BCUT2D eigenvalue weighted by atomic mass is 9.86. The Bertz CT molecular complexity index is 1640. The van der Waals surface area contributed by atoms with Crippen molar-refractivity contribution in [3.63, 3.8) is 0 Å². The molecule has 0 aliphatic carbocycles. The number of fused-ring (bicyclic) bond motifs is 1. The monoisotopic (exact) mass is 585 g/mol. The fourth-order valence-electron chi connectivity index (χ4n) is 6.41. The third-order valence-electron chi connectivity index (χ3n) is 8.76. The van der Waals surface area contributed by atoms with Gasteiger partial charge < -0.3 is 19.8 Å². The molecule has 0 saturated carbocycles. The number of carbonyl (C=O) groups is 2. The number of rotatable bonds is 4. The maximum atomic E-state index is 13.4. The van der Waals surface area contributed by atoms with E-state index in [9.17, 15) is 19.1 Å². The van der Waals surface area contributed by atoms with E-state index in [1.165, 1.54) is 24.6 Å². The predicted molar refractivity (Wildman–Crippen MR) is 161 cm³/mol. The SMILES string of the molecule is Cc1cc(N2CCC(C)C2)cn2nc(C(=O)N3CC[C@@]4(CCN(c5cccc(C(=O)O)n5)C4)C3)nc12.Fc1ccccc1. The quantitative estimate of drug-likeness (QED) is 0.372. The van der Waals surface area contributed by atoms with Crippen molar-refractivity contribution in [2.75, 3.05) is 49.1 Å². The van der Waals surface area contributed by atoms with Crippen LogP contribution in [0.5, 0.6) is 0 Å². The van der Waals surface area contributed by atoms with Gasteiger partial charge in [0.2, 0.25) is 5.82 Å². The topological polar surface area (TPSA) is 107 Å². The van der Waals surface area contributed by atoms with Crippen LogP contribution in [0.3, 0.4) is 0 Å². The minimum atomic E-state index is -1.03. The molecule has 4 aromatic rings. The zero-order valence-electron chi connectivity index (χ0n) is 24.5. The van der Waals surface area contributed by atoms with Crippen LogP contribution in [-0.2, 0) is 0 Å². The molecule has 10 nitrogen and oxygen atoms in total. The number of anilines is 2. The average molecular weight is 586 g/mol. The summed E-state index contributed by atoms with van der Waals surface area (Å²) in [6.07, 6.45) is 5.01. The molecule has 1 unspecified atom stereocenters. The molecule has 224 valence electrons. The van der Waals surface area contributed by atoms with Gasteiger partial charge in [0.15, 0.2) is 11.3 Å². The first-order valence-corrected chi connectivity index (χ1v) is 14.8. The number of likely N-dealkylation sites (tertiary alicyclic amines) is 1. The first-order valence-electron chi connectivity index (χ1n) is 14.8. The summed E-state index contributed by atoms with van der Waals surface area (Å²) in [5.41, 5.74) is 2.89. The Balaban J connectivity index is 0.000000415. The summed E-state index contributed by atoms with van der Waals surface area (Å²) in [4.78, 5) is 40.0. The molecule has 1 amide bonds. The second kappa shape index (κ2) is 11.6. The third-order valence-corrected chi connectivity index (χ3v) is 8.76. The van der Waals surface area contributed by atoms with Gasteiger partial charge in [0.05, 0.1) is 11.9 Å². The number of hydrogen-bond acceptors (Lipinski definition) is 7. The van der Waals surface area contributed by atoms with E-state index in [1.807, 2.05) is 24.1 Å². The number of carboxylic acid groups (broad SMARTS) is 1. The molecule has 43 heavy (non-hydrogen) atoms. The van der Waals surface area contributed by atoms with Crippen LogP contribution in [0, 0.1) is 24.1 Å². The molecule has 3 aromatic heterocycles. The molecule has 3 aliphatic rings. The molecule has 0 radical (unpaired) electrons. The highest BCUT2D eigenvalue weighted by molar-refractivity contribution is 5.91. The van der Waals surface area contributed by atoms with Crippen LogP contribution < -0.4 is 9.80 Å². The van der Waals surface area contributed by atoms with Gasteiger partial charge >= 0.3 is 5.97 Å². The Morgan fingerprint density at radius 1 is 0.977 bits per heavy atom. The number of aromatic nitrogens is 4. The van der Waals surface area contributed by atoms with E-state index in [0.29, 0.717) is 24.8 Å². The molecule has 11 heteroatoms. The number of halogens is 1. The summed E-state index contributed by atoms with van der Waals surface area (Å²) in [5, 5.41) is 13.9. The summed E-state index contributed by atoms with van der Waals surface area (Å²) in [7, 11) is 0. The largest absolute Gasteiger partial charge is 0.477 e. The maximum absolute atomic E-state index is 13.4. The van der Waals surface area contributed by atoms with E-state index in [0.717, 1.165) is 55.9 Å². The van der Waals surface area contributed by atoms with Crippen LogP contribution >= 0.6 is 0 Å². The molecule has 3 saturated heterocycles. The van der Waals surface area contributed by atoms with Crippen molar-refractivity contribution in [2.24, 2.45) is 11.3 Å². The number of pyridine rings is 2. The van der Waals surface area contributed by atoms with Gasteiger partial charge in [-0.25, -0.2) is 23.7 Å². The summed E-state index contributed by atoms with van der Waals surface area (Å²) < 4.78 is 13.7. The lowest BCUT2D eigenvalue weighted by Crippen LogP contribution is -2.34. The van der Waals surface area contributed by atoms with Gasteiger partial charge in [0.1, 0.15) is 11.6 Å². The lowest BCUT2D eigenvalue weighted by Gasteiger charge is -2.24. The van der Waals surface area contributed by atoms with Crippen molar-refractivity contribution in [1.29, 1.82) is 0 Å². The number of carbonyl (C=O) groups excluding carboxylic acids is 1. The highest BCUT2D eigenvalue weighted by Gasteiger charge is 2.45. The van der Waals surface area contributed by atoms with E-state index in [-0.39, 0.29) is 28.7 Å². The van der Waals surface area contributed by atoms with Gasteiger partial charge in [-0.3, -0.25) is 4.79 Å². The Hall–Kier alpha value is -4.54. The summed E-state index contributed by atoms with van der Waals surface area (Å²) in [5.74, 6) is 0.267.